The first kappa shape index (κ1) is 12.0. The lowest BCUT2D eigenvalue weighted by Gasteiger charge is -2.31. The fourth-order valence-corrected chi connectivity index (χ4v) is 3.12. The molecule has 0 aromatic carbocycles. The summed E-state index contributed by atoms with van der Waals surface area (Å²) < 4.78 is 0. The molecule has 0 radical (unpaired) electrons. The Balaban J connectivity index is 1.77. The van der Waals surface area contributed by atoms with Gasteiger partial charge in [0.15, 0.2) is 0 Å². The third kappa shape index (κ3) is 3.27. The Morgan fingerprint density at radius 1 is 1.50 bits per heavy atom. The van der Waals surface area contributed by atoms with Crippen molar-refractivity contribution in [1.82, 2.24) is 15.2 Å². The average molecular weight is 239 g/mol. The summed E-state index contributed by atoms with van der Waals surface area (Å²) in [4.78, 5) is 7.06. The molecule has 1 N–H and O–H groups in total. The second kappa shape index (κ2) is 5.75. The summed E-state index contributed by atoms with van der Waals surface area (Å²) in [6, 6.07) is 0. The quantitative estimate of drug-likeness (QED) is 0.869. The van der Waals surface area contributed by atoms with E-state index in [0.29, 0.717) is 0 Å². The van der Waals surface area contributed by atoms with Crippen LogP contribution in [0.4, 0.5) is 0 Å². The van der Waals surface area contributed by atoms with Gasteiger partial charge in [0, 0.05) is 11.1 Å². The maximum atomic E-state index is 4.52. The number of nitrogens with zero attached hydrogens (tertiary/aromatic N) is 2. The van der Waals surface area contributed by atoms with E-state index >= 15 is 0 Å². The first-order chi connectivity index (χ1) is 7.78. The fraction of sp³-hybridized carbons (Fsp3) is 0.750. The van der Waals surface area contributed by atoms with Crippen LogP contribution < -0.4 is 5.32 Å². The topological polar surface area (TPSA) is 28.2 Å². The molecular formula is C12H21N3S. The Kier molecular flexibility index (Phi) is 4.32. The molecule has 3 nitrogen and oxygen atoms in total. The third-order valence-corrected chi connectivity index (χ3v) is 4.18. The van der Waals surface area contributed by atoms with Gasteiger partial charge in [-0.15, -0.1) is 11.3 Å². The molecule has 2 heterocycles. The smallest absolute Gasteiger partial charge is 0.107 e. The van der Waals surface area contributed by atoms with Crippen LogP contribution in [0, 0.1) is 12.8 Å². The third-order valence-electron chi connectivity index (χ3n) is 3.23. The minimum atomic E-state index is 0.874. The normalized spacial score (nSPS) is 19.1. The summed E-state index contributed by atoms with van der Waals surface area (Å²) >= 11 is 1.79. The first-order valence-electron chi connectivity index (χ1n) is 6.06. The maximum Gasteiger partial charge on any atom is 0.107 e. The van der Waals surface area contributed by atoms with Crippen LogP contribution in [0.1, 0.15) is 23.5 Å². The Morgan fingerprint density at radius 2 is 2.25 bits per heavy atom. The number of likely N-dealkylation sites (tertiary alicyclic amines) is 1. The highest BCUT2D eigenvalue weighted by Gasteiger charge is 2.19. The number of hydrogen-bond acceptors (Lipinski definition) is 4. The van der Waals surface area contributed by atoms with E-state index in [9.17, 15) is 0 Å². The minimum Gasteiger partial charge on any atom is -0.319 e. The molecule has 0 spiro atoms. The van der Waals surface area contributed by atoms with E-state index in [1.807, 2.05) is 7.05 Å². The lowest BCUT2D eigenvalue weighted by molar-refractivity contribution is 0.176. The second-order valence-corrected chi connectivity index (χ2v) is 5.60. The van der Waals surface area contributed by atoms with Crippen molar-refractivity contribution in [3.05, 3.63) is 16.1 Å². The van der Waals surface area contributed by atoms with Crippen LogP contribution in [0.3, 0.4) is 0 Å². The van der Waals surface area contributed by atoms with Crippen molar-refractivity contribution in [3.63, 3.8) is 0 Å². The van der Waals surface area contributed by atoms with Crippen molar-refractivity contribution >= 4 is 11.3 Å². The standard InChI is InChI=1S/C12H21N3S/c1-10-9-16-12(14-10)8-15-5-3-11(4-6-15)7-13-2/h9,11,13H,3-8H2,1-2H3. The van der Waals surface area contributed by atoms with Gasteiger partial charge in [-0.2, -0.15) is 0 Å². The molecule has 1 aliphatic heterocycles. The van der Waals surface area contributed by atoms with Crippen LogP contribution in [-0.2, 0) is 6.54 Å². The summed E-state index contributed by atoms with van der Waals surface area (Å²) in [6.07, 6.45) is 2.65. The van der Waals surface area contributed by atoms with E-state index in [0.717, 1.165) is 18.2 Å². The molecule has 0 atom stereocenters. The molecule has 1 aromatic heterocycles. The summed E-state index contributed by atoms with van der Waals surface area (Å²) in [5.74, 6) is 0.874. The summed E-state index contributed by atoms with van der Waals surface area (Å²) in [7, 11) is 2.05. The van der Waals surface area contributed by atoms with Gasteiger partial charge in [-0.3, -0.25) is 4.90 Å². The van der Waals surface area contributed by atoms with Crippen molar-refractivity contribution < 1.29 is 0 Å². The summed E-state index contributed by atoms with van der Waals surface area (Å²) in [5.41, 5.74) is 1.16. The SMILES string of the molecule is CNCC1CCN(Cc2nc(C)cs2)CC1. The van der Waals surface area contributed by atoms with Crippen molar-refractivity contribution in [3.8, 4) is 0 Å². The lowest BCUT2D eigenvalue weighted by Crippen LogP contribution is -2.36. The molecule has 90 valence electrons. The monoisotopic (exact) mass is 239 g/mol. The molecule has 0 bridgehead atoms. The van der Waals surface area contributed by atoms with Gasteiger partial charge >= 0.3 is 0 Å². The minimum absolute atomic E-state index is 0.874. The predicted molar refractivity (Wildman–Crippen MR) is 68.8 cm³/mol. The number of aryl methyl sites for hydroxylation is 1. The van der Waals surface area contributed by atoms with E-state index in [1.54, 1.807) is 11.3 Å². The van der Waals surface area contributed by atoms with E-state index in [-0.39, 0.29) is 0 Å². The highest BCUT2D eigenvalue weighted by Crippen LogP contribution is 2.19. The van der Waals surface area contributed by atoms with Gasteiger partial charge in [-0.1, -0.05) is 0 Å². The molecule has 0 aliphatic carbocycles. The number of hydrogen-bond donors (Lipinski definition) is 1. The van der Waals surface area contributed by atoms with Crippen molar-refractivity contribution in [2.75, 3.05) is 26.7 Å². The van der Waals surface area contributed by atoms with Crippen LogP contribution in [-0.4, -0.2) is 36.6 Å². The Bertz CT molecular complexity index is 316. The molecule has 16 heavy (non-hydrogen) atoms. The lowest BCUT2D eigenvalue weighted by atomic mass is 9.97. The van der Waals surface area contributed by atoms with Gasteiger partial charge in [-0.05, 0) is 52.4 Å². The number of piperidine rings is 1. The number of nitrogens with one attached hydrogen (secondary N) is 1. The number of aromatic nitrogens is 1. The zero-order valence-corrected chi connectivity index (χ0v) is 11.0. The molecule has 1 saturated heterocycles. The van der Waals surface area contributed by atoms with E-state index in [4.69, 9.17) is 0 Å². The van der Waals surface area contributed by atoms with Crippen molar-refractivity contribution in [2.24, 2.45) is 5.92 Å². The van der Waals surface area contributed by atoms with Gasteiger partial charge in [0.2, 0.25) is 0 Å². The second-order valence-electron chi connectivity index (χ2n) is 4.66. The molecule has 1 aromatic rings. The van der Waals surface area contributed by atoms with Gasteiger partial charge in [0.1, 0.15) is 5.01 Å². The predicted octanol–water partition coefficient (Wildman–Crippen LogP) is 1.88. The zero-order valence-electron chi connectivity index (χ0n) is 10.2. The Labute approximate surface area is 102 Å². The van der Waals surface area contributed by atoms with Crippen molar-refractivity contribution in [1.29, 1.82) is 0 Å². The number of rotatable bonds is 4. The summed E-state index contributed by atoms with van der Waals surface area (Å²) in [6.45, 7) is 6.74. The maximum absolute atomic E-state index is 4.52. The zero-order chi connectivity index (χ0) is 11.4. The largest absolute Gasteiger partial charge is 0.319 e. The van der Waals surface area contributed by atoms with Gasteiger partial charge in [0.25, 0.3) is 0 Å². The molecule has 0 amide bonds. The molecule has 0 unspecified atom stereocenters. The molecule has 2 rings (SSSR count). The molecule has 1 fully saturated rings. The molecule has 1 aliphatic rings. The van der Waals surface area contributed by atoms with Crippen molar-refractivity contribution in [2.45, 2.75) is 26.3 Å². The van der Waals surface area contributed by atoms with Gasteiger partial charge in [0.05, 0.1) is 6.54 Å². The first-order valence-corrected chi connectivity index (χ1v) is 6.94. The van der Waals surface area contributed by atoms with Crippen LogP contribution in [0.2, 0.25) is 0 Å². The highest BCUT2D eigenvalue weighted by atomic mass is 32.1. The number of thiazole rings is 1. The highest BCUT2D eigenvalue weighted by molar-refractivity contribution is 7.09. The average Bonchev–Trinajstić information content (AvgIpc) is 2.67. The Morgan fingerprint density at radius 3 is 2.81 bits per heavy atom. The molecular weight excluding hydrogens is 218 g/mol. The van der Waals surface area contributed by atoms with Gasteiger partial charge in [-0.25, -0.2) is 4.98 Å². The fourth-order valence-electron chi connectivity index (χ4n) is 2.30. The van der Waals surface area contributed by atoms with E-state index in [2.05, 4.69) is 27.5 Å². The summed E-state index contributed by atoms with van der Waals surface area (Å²) in [5, 5.41) is 6.69. The molecule has 4 heteroatoms. The Hall–Kier alpha value is -0.450. The molecule has 0 saturated carbocycles. The van der Waals surface area contributed by atoms with E-state index in [1.165, 1.54) is 37.5 Å². The van der Waals surface area contributed by atoms with Crippen LogP contribution in [0.15, 0.2) is 5.38 Å². The van der Waals surface area contributed by atoms with Gasteiger partial charge < -0.3 is 5.32 Å². The van der Waals surface area contributed by atoms with Crippen LogP contribution >= 0.6 is 11.3 Å². The van der Waals surface area contributed by atoms with Crippen LogP contribution in [0.25, 0.3) is 0 Å². The van der Waals surface area contributed by atoms with Crippen LogP contribution in [0.5, 0.6) is 0 Å². The van der Waals surface area contributed by atoms with E-state index < -0.39 is 0 Å².